The lowest BCUT2D eigenvalue weighted by Crippen LogP contribution is -2.48. The number of hydrogen-bond acceptors (Lipinski definition) is 3. The van der Waals surface area contributed by atoms with Crippen LogP contribution in [0.2, 0.25) is 0 Å². The summed E-state index contributed by atoms with van der Waals surface area (Å²) in [6.45, 7) is 9.19. The lowest BCUT2D eigenvalue weighted by molar-refractivity contribution is -0.120. The van der Waals surface area contributed by atoms with Gasteiger partial charge in [0.1, 0.15) is 0 Å². The molecule has 0 spiro atoms. The van der Waals surface area contributed by atoms with Gasteiger partial charge in [0.2, 0.25) is 5.91 Å². The molecule has 0 radical (unpaired) electrons. The summed E-state index contributed by atoms with van der Waals surface area (Å²) >= 11 is 0. The maximum Gasteiger partial charge on any atom is 0.235 e. The fourth-order valence-electron chi connectivity index (χ4n) is 1.48. The fraction of sp³-hybridized carbons (Fsp3) is 0.909. The minimum Gasteiger partial charge on any atom is -0.368 e. The van der Waals surface area contributed by atoms with Crippen LogP contribution in [0.5, 0.6) is 0 Å². The summed E-state index contributed by atoms with van der Waals surface area (Å²) in [5.74, 6) is 0.385. The van der Waals surface area contributed by atoms with E-state index in [9.17, 15) is 4.79 Å². The highest BCUT2D eigenvalue weighted by molar-refractivity contribution is 5.80. The summed E-state index contributed by atoms with van der Waals surface area (Å²) < 4.78 is 0. The Bertz CT molecular complexity index is 185. The first kappa shape index (κ1) is 14.4. The topological polar surface area (TPSA) is 58.4 Å². The van der Waals surface area contributed by atoms with Gasteiger partial charge in [0.05, 0.1) is 6.04 Å². The molecule has 4 nitrogen and oxygen atoms in total. The highest BCUT2D eigenvalue weighted by Crippen LogP contribution is 2.04. The molecule has 0 saturated heterocycles. The Hall–Kier alpha value is -0.610. The van der Waals surface area contributed by atoms with E-state index in [4.69, 9.17) is 5.73 Å². The lowest BCUT2D eigenvalue weighted by atomic mass is 10.1. The van der Waals surface area contributed by atoms with Crippen molar-refractivity contribution in [2.75, 3.05) is 26.7 Å². The average molecular weight is 215 g/mol. The molecule has 0 aliphatic rings. The summed E-state index contributed by atoms with van der Waals surface area (Å²) in [6.07, 6.45) is 1.16. The van der Waals surface area contributed by atoms with E-state index in [1.165, 1.54) is 0 Å². The zero-order chi connectivity index (χ0) is 11.8. The van der Waals surface area contributed by atoms with Crippen molar-refractivity contribution in [3.05, 3.63) is 0 Å². The number of carbonyl (C=O) groups excluding carboxylic acids is 1. The van der Waals surface area contributed by atoms with Crippen LogP contribution in [0.15, 0.2) is 0 Å². The monoisotopic (exact) mass is 215 g/mol. The quantitative estimate of drug-likeness (QED) is 0.617. The fourth-order valence-corrected chi connectivity index (χ4v) is 1.48. The molecule has 3 N–H and O–H groups in total. The van der Waals surface area contributed by atoms with Crippen molar-refractivity contribution in [1.82, 2.24) is 10.2 Å². The SMILES string of the molecule is CCC(C)CN(CC)CC(NC)C(N)=O. The van der Waals surface area contributed by atoms with Crippen LogP contribution in [0.3, 0.4) is 0 Å². The van der Waals surface area contributed by atoms with E-state index in [1.54, 1.807) is 7.05 Å². The van der Waals surface area contributed by atoms with Crippen molar-refractivity contribution in [3.63, 3.8) is 0 Å². The van der Waals surface area contributed by atoms with Crippen molar-refractivity contribution < 1.29 is 4.79 Å². The van der Waals surface area contributed by atoms with Crippen molar-refractivity contribution in [2.24, 2.45) is 11.7 Å². The van der Waals surface area contributed by atoms with Crippen LogP contribution in [0.4, 0.5) is 0 Å². The second-order valence-corrected chi connectivity index (χ2v) is 4.11. The molecule has 0 aromatic heterocycles. The molecule has 4 heteroatoms. The van der Waals surface area contributed by atoms with Crippen molar-refractivity contribution in [2.45, 2.75) is 33.2 Å². The maximum absolute atomic E-state index is 11.1. The first-order valence-corrected chi connectivity index (χ1v) is 5.74. The number of carbonyl (C=O) groups is 1. The van der Waals surface area contributed by atoms with Gasteiger partial charge in [-0.1, -0.05) is 27.2 Å². The van der Waals surface area contributed by atoms with Gasteiger partial charge in [-0.3, -0.25) is 4.79 Å². The van der Waals surface area contributed by atoms with Crippen LogP contribution < -0.4 is 11.1 Å². The van der Waals surface area contributed by atoms with Gasteiger partial charge in [0.25, 0.3) is 0 Å². The summed E-state index contributed by atoms with van der Waals surface area (Å²) in [5, 5.41) is 2.94. The van der Waals surface area contributed by atoms with Gasteiger partial charge in [-0.25, -0.2) is 0 Å². The zero-order valence-electron chi connectivity index (χ0n) is 10.4. The zero-order valence-corrected chi connectivity index (χ0v) is 10.4. The molecule has 15 heavy (non-hydrogen) atoms. The van der Waals surface area contributed by atoms with E-state index in [2.05, 4.69) is 31.0 Å². The van der Waals surface area contributed by atoms with Gasteiger partial charge in [0, 0.05) is 13.1 Å². The molecule has 0 aromatic carbocycles. The Morgan fingerprint density at radius 1 is 1.40 bits per heavy atom. The number of nitrogens with one attached hydrogen (secondary N) is 1. The lowest BCUT2D eigenvalue weighted by Gasteiger charge is -2.26. The number of rotatable bonds is 8. The molecule has 0 fully saturated rings. The number of nitrogens with two attached hydrogens (primary N) is 1. The molecule has 0 bridgehead atoms. The Morgan fingerprint density at radius 3 is 2.33 bits per heavy atom. The Kier molecular flexibility index (Phi) is 7.34. The van der Waals surface area contributed by atoms with Gasteiger partial charge < -0.3 is 16.0 Å². The van der Waals surface area contributed by atoms with Crippen LogP contribution in [0, 0.1) is 5.92 Å². The molecule has 0 heterocycles. The third kappa shape index (κ3) is 5.74. The predicted octanol–water partition coefficient (Wildman–Crippen LogP) is 0.428. The molecule has 90 valence electrons. The highest BCUT2D eigenvalue weighted by atomic mass is 16.1. The maximum atomic E-state index is 11.1. The van der Waals surface area contributed by atoms with E-state index >= 15 is 0 Å². The number of amides is 1. The molecule has 0 saturated carbocycles. The smallest absolute Gasteiger partial charge is 0.235 e. The summed E-state index contributed by atoms with van der Waals surface area (Å²) in [6, 6.07) is -0.242. The van der Waals surface area contributed by atoms with E-state index in [0.29, 0.717) is 12.5 Å². The molecule has 0 rings (SSSR count). The molecule has 0 aromatic rings. The molecular weight excluding hydrogens is 190 g/mol. The third-order valence-electron chi connectivity index (χ3n) is 2.85. The van der Waals surface area contributed by atoms with Crippen molar-refractivity contribution in [1.29, 1.82) is 0 Å². The number of nitrogens with zero attached hydrogens (tertiary/aromatic N) is 1. The van der Waals surface area contributed by atoms with Gasteiger partial charge >= 0.3 is 0 Å². The Labute approximate surface area is 93.2 Å². The van der Waals surface area contributed by atoms with Crippen molar-refractivity contribution in [3.8, 4) is 0 Å². The average Bonchev–Trinajstić information content (AvgIpc) is 2.22. The van der Waals surface area contributed by atoms with Gasteiger partial charge in [-0.05, 0) is 19.5 Å². The van der Waals surface area contributed by atoms with Crippen LogP contribution in [0.1, 0.15) is 27.2 Å². The van der Waals surface area contributed by atoms with E-state index in [-0.39, 0.29) is 11.9 Å². The van der Waals surface area contributed by atoms with Gasteiger partial charge in [-0.2, -0.15) is 0 Å². The number of primary amides is 1. The third-order valence-corrected chi connectivity index (χ3v) is 2.85. The van der Waals surface area contributed by atoms with Crippen LogP contribution >= 0.6 is 0 Å². The molecule has 0 aliphatic carbocycles. The minimum atomic E-state index is -0.278. The molecule has 0 aliphatic heterocycles. The summed E-state index contributed by atoms with van der Waals surface area (Å²) in [4.78, 5) is 13.3. The van der Waals surface area contributed by atoms with Crippen molar-refractivity contribution >= 4 is 5.91 Å². The summed E-state index contributed by atoms with van der Waals surface area (Å²) in [5.41, 5.74) is 5.29. The molecule has 2 unspecified atom stereocenters. The van der Waals surface area contributed by atoms with E-state index in [1.807, 2.05) is 0 Å². The van der Waals surface area contributed by atoms with Crippen LogP contribution in [0.25, 0.3) is 0 Å². The molecular formula is C11H25N3O. The van der Waals surface area contributed by atoms with E-state index < -0.39 is 0 Å². The van der Waals surface area contributed by atoms with Gasteiger partial charge in [-0.15, -0.1) is 0 Å². The second-order valence-electron chi connectivity index (χ2n) is 4.11. The highest BCUT2D eigenvalue weighted by Gasteiger charge is 2.17. The first-order chi connectivity index (χ1) is 7.04. The normalized spacial score (nSPS) is 15.3. The minimum absolute atomic E-state index is 0.242. The summed E-state index contributed by atoms with van der Waals surface area (Å²) in [7, 11) is 1.77. The second kappa shape index (κ2) is 7.65. The largest absolute Gasteiger partial charge is 0.368 e. The van der Waals surface area contributed by atoms with E-state index in [0.717, 1.165) is 19.5 Å². The van der Waals surface area contributed by atoms with Gasteiger partial charge in [0.15, 0.2) is 0 Å². The number of likely N-dealkylation sites (N-methyl/N-ethyl adjacent to an activating group) is 2. The predicted molar refractivity (Wildman–Crippen MR) is 63.6 cm³/mol. The van der Waals surface area contributed by atoms with Crippen LogP contribution in [-0.2, 0) is 4.79 Å². The Balaban J connectivity index is 4.12. The molecule has 1 amide bonds. The first-order valence-electron chi connectivity index (χ1n) is 5.74. The number of hydrogen-bond donors (Lipinski definition) is 2. The van der Waals surface area contributed by atoms with Crippen LogP contribution in [-0.4, -0.2) is 43.5 Å². The standard InChI is InChI=1S/C11H25N3O/c1-5-9(3)7-14(6-2)8-10(13-4)11(12)15/h9-10,13H,5-8H2,1-4H3,(H2,12,15). The Morgan fingerprint density at radius 2 is 2.00 bits per heavy atom. The molecule has 2 atom stereocenters.